The highest BCUT2D eigenvalue weighted by Gasteiger charge is 2.18. The quantitative estimate of drug-likeness (QED) is 0.702. The highest BCUT2D eigenvalue weighted by Crippen LogP contribution is 2.20. The van der Waals surface area contributed by atoms with Gasteiger partial charge in [-0.2, -0.15) is 8.78 Å². The maximum Gasteiger partial charge on any atom is 0.387 e. The molecular weight excluding hydrogens is 264 g/mol. The minimum Gasteiger partial charge on any atom is -0.548 e. The number of carboxylic acid groups (broad SMARTS) is 1. The standard InChI is InChI=1S/C11H11F2NO5/c12-11(13)19-8-4-2-1-3-6(8)9(16)14-7(5-15)10(17)18/h1-4,7,11,15H,5H2,(H,14,16)(H,17,18)/p-1/t7-/m0/s1. The maximum atomic E-state index is 12.1. The lowest BCUT2D eigenvalue weighted by Gasteiger charge is -2.18. The van der Waals surface area contributed by atoms with E-state index in [4.69, 9.17) is 5.11 Å². The largest absolute Gasteiger partial charge is 0.548 e. The topological polar surface area (TPSA) is 98.7 Å². The van der Waals surface area contributed by atoms with Gasteiger partial charge >= 0.3 is 6.61 Å². The molecule has 1 atom stereocenters. The monoisotopic (exact) mass is 274 g/mol. The van der Waals surface area contributed by atoms with E-state index >= 15 is 0 Å². The number of rotatable bonds is 6. The Morgan fingerprint density at radius 3 is 2.53 bits per heavy atom. The minimum atomic E-state index is -3.12. The smallest absolute Gasteiger partial charge is 0.387 e. The van der Waals surface area contributed by atoms with Gasteiger partial charge in [0, 0.05) is 0 Å². The number of para-hydroxylation sites is 1. The van der Waals surface area contributed by atoms with Gasteiger partial charge in [0.05, 0.1) is 24.2 Å². The number of carboxylic acids is 1. The van der Waals surface area contributed by atoms with Crippen molar-refractivity contribution >= 4 is 11.9 Å². The molecule has 1 rings (SSSR count). The molecule has 2 N–H and O–H groups in total. The normalized spacial score (nSPS) is 12.0. The molecule has 0 saturated carbocycles. The molecule has 0 fully saturated rings. The van der Waals surface area contributed by atoms with E-state index in [-0.39, 0.29) is 5.56 Å². The summed E-state index contributed by atoms with van der Waals surface area (Å²) in [6.45, 7) is -4.00. The van der Waals surface area contributed by atoms with Crippen LogP contribution in [0.25, 0.3) is 0 Å². The fourth-order valence-electron chi connectivity index (χ4n) is 1.27. The molecule has 1 aromatic carbocycles. The first kappa shape index (κ1) is 14.8. The van der Waals surface area contributed by atoms with Crippen LogP contribution in [0, 0.1) is 0 Å². The summed E-state index contributed by atoms with van der Waals surface area (Å²) in [5.74, 6) is -3.06. The molecule has 0 spiro atoms. The highest BCUT2D eigenvalue weighted by atomic mass is 19.3. The summed E-state index contributed by atoms with van der Waals surface area (Å²) >= 11 is 0. The lowest BCUT2D eigenvalue weighted by molar-refractivity contribution is -0.308. The van der Waals surface area contributed by atoms with Crippen molar-refractivity contribution in [3.05, 3.63) is 29.8 Å². The van der Waals surface area contributed by atoms with Crippen LogP contribution in [0.5, 0.6) is 5.75 Å². The van der Waals surface area contributed by atoms with Crippen LogP contribution in [0.4, 0.5) is 8.78 Å². The Bertz CT molecular complexity index is 466. The van der Waals surface area contributed by atoms with E-state index in [0.717, 1.165) is 6.07 Å². The maximum absolute atomic E-state index is 12.1. The van der Waals surface area contributed by atoms with Gasteiger partial charge < -0.3 is 25.1 Å². The molecule has 0 bridgehead atoms. The Kier molecular flexibility index (Phi) is 5.19. The fourth-order valence-corrected chi connectivity index (χ4v) is 1.27. The first-order valence-corrected chi connectivity index (χ1v) is 5.12. The van der Waals surface area contributed by atoms with E-state index in [1.807, 2.05) is 5.32 Å². The number of carbonyl (C=O) groups is 2. The number of hydrogen-bond donors (Lipinski definition) is 2. The molecule has 104 valence electrons. The van der Waals surface area contributed by atoms with Crippen LogP contribution in [-0.4, -0.2) is 36.2 Å². The van der Waals surface area contributed by atoms with Crippen LogP contribution in [0.2, 0.25) is 0 Å². The molecule has 6 nitrogen and oxygen atoms in total. The molecule has 1 aromatic rings. The van der Waals surface area contributed by atoms with Gasteiger partial charge in [0.15, 0.2) is 0 Å². The first-order chi connectivity index (χ1) is 8.95. The van der Waals surface area contributed by atoms with Gasteiger partial charge in [0.2, 0.25) is 0 Å². The van der Waals surface area contributed by atoms with Crippen molar-refractivity contribution in [3.8, 4) is 5.75 Å². The zero-order valence-electron chi connectivity index (χ0n) is 9.51. The van der Waals surface area contributed by atoms with E-state index in [1.165, 1.54) is 18.2 Å². The number of nitrogens with one attached hydrogen (secondary N) is 1. The van der Waals surface area contributed by atoms with Crippen molar-refractivity contribution in [2.24, 2.45) is 0 Å². The SMILES string of the molecule is O=C(N[C@@H](CO)C(=O)[O-])c1ccccc1OC(F)F. The number of halogens is 2. The molecule has 0 aliphatic heterocycles. The van der Waals surface area contributed by atoms with Crippen molar-refractivity contribution in [1.82, 2.24) is 5.32 Å². The second kappa shape index (κ2) is 6.64. The molecular formula is C11H10F2NO5-. The number of aliphatic hydroxyl groups is 1. The lowest BCUT2D eigenvalue weighted by Crippen LogP contribution is -2.50. The van der Waals surface area contributed by atoms with Crippen LogP contribution < -0.4 is 15.2 Å². The summed E-state index contributed by atoms with van der Waals surface area (Å²) in [6.07, 6.45) is 0. The van der Waals surface area contributed by atoms with E-state index in [1.54, 1.807) is 0 Å². The Morgan fingerprint density at radius 1 is 1.37 bits per heavy atom. The van der Waals surface area contributed by atoms with Crippen molar-refractivity contribution in [1.29, 1.82) is 0 Å². The van der Waals surface area contributed by atoms with E-state index < -0.39 is 36.9 Å². The third-order valence-electron chi connectivity index (χ3n) is 2.12. The molecule has 0 aromatic heterocycles. The number of benzene rings is 1. The molecule has 0 radical (unpaired) electrons. The summed E-state index contributed by atoms with van der Waals surface area (Å²) in [5.41, 5.74) is -0.275. The van der Waals surface area contributed by atoms with Gasteiger partial charge in [-0.25, -0.2) is 0 Å². The number of aliphatic carboxylic acids is 1. The predicted molar refractivity (Wildman–Crippen MR) is 56.4 cm³/mol. The number of amides is 1. The van der Waals surface area contributed by atoms with Crippen LogP contribution in [-0.2, 0) is 4.79 Å². The minimum absolute atomic E-state index is 0.275. The molecule has 0 unspecified atom stereocenters. The van der Waals surface area contributed by atoms with Crippen LogP contribution in [0.15, 0.2) is 24.3 Å². The van der Waals surface area contributed by atoms with Gasteiger partial charge in [0.25, 0.3) is 5.91 Å². The van der Waals surface area contributed by atoms with Gasteiger partial charge in [-0.1, -0.05) is 12.1 Å². The van der Waals surface area contributed by atoms with Crippen LogP contribution >= 0.6 is 0 Å². The van der Waals surface area contributed by atoms with Gasteiger partial charge in [-0.3, -0.25) is 4.79 Å². The third-order valence-corrected chi connectivity index (χ3v) is 2.12. The molecule has 8 heteroatoms. The summed E-state index contributed by atoms with van der Waals surface area (Å²) < 4.78 is 28.4. The third kappa shape index (κ3) is 4.18. The molecule has 0 aliphatic carbocycles. The molecule has 1 amide bonds. The molecule has 19 heavy (non-hydrogen) atoms. The summed E-state index contributed by atoms with van der Waals surface area (Å²) in [6, 6.07) is 3.44. The number of hydrogen-bond acceptors (Lipinski definition) is 5. The molecule has 0 aliphatic rings. The highest BCUT2D eigenvalue weighted by molar-refractivity contribution is 5.98. The zero-order valence-corrected chi connectivity index (χ0v) is 9.51. The van der Waals surface area contributed by atoms with Crippen LogP contribution in [0.3, 0.4) is 0 Å². The van der Waals surface area contributed by atoms with E-state index in [0.29, 0.717) is 0 Å². The Morgan fingerprint density at radius 2 is 2.00 bits per heavy atom. The summed E-state index contributed by atoms with van der Waals surface area (Å²) in [5, 5.41) is 21.2. The second-order valence-corrected chi connectivity index (χ2v) is 3.40. The average molecular weight is 274 g/mol. The number of alkyl halides is 2. The first-order valence-electron chi connectivity index (χ1n) is 5.12. The van der Waals surface area contributed by atoms with Crippen molar-refractivity contribution in [2.45, 2.75) is 12.7 Å². The van der Waals surface area contributed by atoms with E-state index in [2.05, 4.69) is 4.74 Å². The lowest BCUT2D eigenvalue weighted by atomic mass is 10.1. The Hall–Kier alpha value is -2.22. The Labute approximate surface area is 106 Å². The van der Waals surface area contributed by atoms with Gasteiger partial charge in [-0.05, 0) is 12.1 Å². The number of ether oxygens (including phenoxy) is 1. The summed E-state index contributed by atoms with van der Waals surface area (Å²) in [4.78, 5) is 22.2. The fraction of sp³-hybridized carbons (Fsp3) is 0.273. The molecule has 0 saturated heterocycles. The average Bonchev–Trinajstić information content (AvgIpc) is 2.35. The van der Waals surface area contributed by atoms with Crippen LogP contribution in [0.1, 0.15) is 10.4 Å². The van der Waals surface area contributed by atoms with Crippen molar-refractivity contribution in [2.75, 3.05) is 6.61 Å². The molecule has 0 heterocycles. The van der Waals surface area contributed by atoms with E-state index in [9.17, 15) is 23.5 Å². The Balaban J connectivity index is 2.90. The predicted octanol–water partition coefficient (Wildman–Crippen LogP) is -0.871. The zero-order chi connectivity index (χ0) is 14.4. The van der Waals surface area contributed by atoms with Crippen molar-refractivity contribution < 1.29 is 33.3 Å². The number of carbonyl (C=O) groups excluding carboxylic acids is 2. The summed E-state index contributed by atoms with van der Waals surface area (Å²) in [7, 11) is 0. The van der Waals surface area contributed by atoms with Gasteiger partial charge in [0.1, 0.15) is 5.75 Å². The van der Waals surface area contributed by atoms with Crippen molar-refractivity contribution in [3.63, 3.8) is 0 Å². The number of aliphatic hydroxyl groups excluding tert-OH is 1. The second-order valence-electron chi connectivity index (χ2n) is 3.40. The van der Waals surface area contributed by atoms with Gasteiger partial charge in [-0.15, -0.1) is 0 Å².